The maximum Gasteiger partial charge on any atom is 0.329 e. The first-order valence-electron chi connectivity index (χ1n) is 47.3. The van der Waals surface area contributed by atoms with Gasteiger partial charge in [0.2, 0.25) is 17.7 Å². The van der Waals surface area contributed by atoms with Crippen LogP contribution in [0.5, 0.6) is 0 Å². The lowest BCUT2D eigenvalue weighted by atomic mass is 9.95. The number of unbranched alkanes of at least 4 members (excludes halogenated alkanes) is 3. The summed E-state index contributed by atoms with van der Waals surface area (Å²) in [6.45, 7) is 29.7. The Morgan fingerprint density at radius 1 is 0.417 bits per heavy atom. The number of nitrogens with zero attached hydrogens (tertiary/aromatic N) is 15. The monoisotopic (exact) mass is 1830 g/mol. The average molecular weight is 1830 g/mol. The van der Waals surface area contributed by atoms with Gasteiger partial charge in [0.15, 0.2) is 17.5 Å². The number of aryl methyl sites for hydroxylation is 12. The molecule has 9 aromatic heterocycles. The summed E-state index contributed by atoms with van der Waals surface area (Å²) >= 11 is 5.83. The van der Waals surface area contributed by atoms with Crippen LogP contribution in [0.4, 0.5) is 5.82 Å². The third-order valence-corrected chi connectivity index (χ3v) is 23.0. The molecule has 0 bridgehead atoms. The number of aliphatic carboxylic acids is 1. The van der Waals surface area contributed by atoms with E-state index in [4.69, 9.17) is 46.7 Å². The quantitative estimate of drug-likeness (QED) is 0.0117. The van der Waals surface area contributed by atoms with E-state index in [1.807, 2.05) is 111 Å². The molecule has 12 rings (SSSR count). The Kier molecular flexibility index (Phi) is 43.4. The fourth-order valence-corrected chi connectivity index (χ4v) is 16.3. The molecule has 7 N–H and O–H groups in total. The van der Waals surface area contributed by atoms with Crippen LogP contribution >= 0.6 is 11.6 Å². The van der Waals surface area contributed by atoms with E-state index in [2.05, 4.69) is 112 Å². The molecule has 0 radical (unpaired) electrons. The number of aromatic nitrogens is 12. The zero-order valence-electron chi connectivity index (χ0n) is 79.9. The molecule has 3 atom stereocenters. The largest absolute Gasteiger partial charge is 0.481 e. The van der Waals surface area contributed by atoms with Gasteiger partial charge in [-0.25, -0.2) is 34.7 Å². The molecule has 9 aromatic rings. The van der Waals surface area contributed by atoms with Crippen LogP contribution in [0.25, 0.3) is 34.2 Å². The molecular formula is C102H141ClN20O9. The van der Waals surface area contributed by atoms with Crippen molar-refractivity contribution in [3.8, 4) is 34.2 Å². The van der Waals surface area contributed by atoms with Crippen molar-refractivity contribution in [2.24, 2.45) is 11.7 Å². The van der Waals surface area contributed by atoms with Crippen LogP contribution in [0.2, 0.25) is 5.15 Å². The second kappa shape index (κ2) is 54.8. The number of esters is 2. The molecule has 29 nitrogen and oxygen atoms in total. The zero-order valence-corrected chi connectivity index (χ0v) is 80.7. The van der Waals surface area contributed by atoms with Crippen molar-refractivity contribution in [3.63, 3.8) is 0 Å². The highest BCUT2D eigenvalue weighted by Gasteiger charge is 2.29. The first-order valence-corrected chi connectivity index (χ1v) is 47.7. The number of carboxylic acids is 1. The summed E-state index contributed by atoms with van der Waals surface area (Å²) < 4.78 is 11.2. The normalized spacial score (nSPS) is 13.5. The molecule has 0 fully saturated rings. The number of fused-ring (bicyclic) bond motifs is 3. The zero-order chi connectivity index (χ0) is 94.8. The summed E-state index contributed by atoms with van der Waals surface area (Å²) in [5.41, 5.74) is 22.3. The SMILES string of the molecule is CC(=O)NCCN(CCCCc1ccc2c(n1)CCCC2)CC[C@H](Cc1cc(C)nc(-c2ccncc2)n1)C(=O)O.CC(=O)NCCN(CCCCc1ccc2c(n1)CCCC2)CC[C@H](N)C(=O)OC(C)(C)C.CC(=O)NCCN(CCCCc1ccc2c(n1)CCCC2)CC[C@H](Nc1cc(C)nc(-c2ccncc2)n1)C(=O)OC(C)(C)C.Cc1cc(Cl)nc(-c2ccncc2)n1. The van der Waals surface area contributed by atoms with E-state index in [0.29, 0.717) is 106 Å². The fourth-order valence-electron chi connectivity index (χ4n) is 16.0. The van der Waals surface area contributed by atoms with Gasteiger partial charge in [0.05, 0.1) is 5.92 Å². The van der Waals surface area contributed by atoms with E-state index >= 15 is 0 Å². The number of carbonyl (C=O) groups is 6. The second-order valence-corrected chi connectivity index (χ2v) is 37.0. The van der Waals surface area contributed by atoms with Gasteiger partial charge in [0.1, 0.15) is 34.3 Å². The lowest BCUT2D eigenvalue weighted by Crippen LogP contribution is -2.41. The Bertz CT molecular complexity index is 5080. The number of anilines is 1. The smallest absolute Gasteiger partial charge is 0.329 e. The Balaban J connectivity index is 0.000000209. The summed E-state index contributed by atoms with van der Waals surface area (Å²) in [4.78, 5) is 133. The molecule has 0 saturated carbocycles. The van der Waals surface area contributed by atoms with Crippen LogP contribution < -0.4 is 27.0 Å². The Morgan fingerprint density at radius 2 is 0.780 bits per heavy atom. The number of carboxylic acid groups (broad SMARTS) is 1. The van der Waals surface area contributed by atoms with Crippen molar-refractivity contribution in [2.75, 3.05) is 83.9 Å². The van der Waals surface area contributed by atoms with Gasteiger partial charge in [-0.1, -0.05) is 29.8 Å². The maximum atomic E-state index is 13.4. The fraction of sp³-hybridized carbons (Fsp3) is 0.529. The van der Waals surface area contributed by atoms with E-state index < -0.39 is 35.2 Å². The molecular weight excluding hydrogens is 1680 g/mol. The van der Waals surface area contributed by atoms with Gasteiger partial charge in [0, 0.05) is 196 Å². The molecule has 0 saturated heterocycles. The Morgan fingerprint density at radius 3 is 1.17 bits per heavy atom. The van der Waals surface area contributed by atoms with E-state index in [-0.39, 0.29) is 29.7 Å². The first-order chi connectivity index (χ1) is 63.3. The highest BCUT2D eigenvalue weighted by atomic mass is 35.5. The summed E-state index contributed by atoms with van der Waals surface area (Å²) in [6, 6.07) is 28.6. The van der Waals surface area contributed by atoms with Crippen molar-refractivity contribution < 1.29 is 43.3 Å². The van der Waals surface area contributed by atoms with Crippen LogP contribution in [-0.4, -0.2) is 217 Å². The number of nitrogens with two attached hydrogens (primary N) is 1. The predicted molar refractivity (Wildman–Crippen MR) is 518 cm³/mol. The van der Waals surface area contributed by atoms with Crippen LogP contribution in [-0.2, 0) is 102 Å². The van der Waals surface area contributed by atoms with Gasteiger partial charge in [-0.15, -0.1) is 0 Å². The summed E-state index contributed by atoms with van der Waals surface area (Å²) in [5, 5.41) is 22.5. The minimum absolute atomic E-state index is 0.0334. The van der Waals surface area contributed by atoms with Crippen LogP contribution in [0, 0.1) is 26.7 Å². The molecule has 3 aliphatic rings. The highest BCUT2D eigenvalue weighted by Crippen LogP contribution is 2.27. The topological polar surface area (TPSA) is 380 Å². The summed E-state index contributed by atoms with van der Waals surface area (Å²) in [7, 11) is 0. The number of rotatable bonds is 43. The molecule has 3 aliphatic carbocycles. The molecule has 30 heteroatoms. The molecule has 3 amide bonds. The summed E-state index contributed by atoms with van der Waals surface area (Å²) in [6.07, 6.45) is 35.3. The Hall–Kier alpha value is -11.1. The van der Waals surface area contributed by atoms with Gasteiger partial charge in [-0.05, 0) is 326 Å². The number of hydrogen-bond acceptors (Lipinski definition) is 25. The molecule has 0 aromatic carbocycles. The molecule has 9 heterocycles. The van der Waals surface area contributed by atoms with E-state index in [1.165, 1.54) is 104 Å². The lowest BCUT2D eigenvalue weighted by Gasteiger charge is -2.28. The third kappa shape index (κ3) is 39.4. The van der Waals surface area contributed by atoms with E-state index in [0.717, 1.165) is 168 Å². The van der Waals surface area contributed by atoms with Crippen molar-refractivity contribution in [1.29, 1.82) is 0 Å². The number of halogens is 1. The lowest BCUT2D eigenvalue weighted by molar-refractivity contribution is -0.157. The number of amides is 3. The van der Waals surface area contributed by atoms with Crippen molar-refractivity contribution in [2.45, 2.75) is 267 Å². The molecule has 0 unspecified atom stereocenters. The minimum Gasteiger partial charge on any atom is -0.481 e. The number of nitrogens with one attached hydrogen (secondary N) is 4. The number of pyridine rings is 6. The predicted octanol–water partition coefficient (Wildman–Crippen LogP) is 14.6. The van der Waals surface area contributed by atoms with E-state index in [1.54, 1.807) is 43.2 Å². The number of hydrogen-bond donors (Lipinski definition) is 6. The maximum absolute atomic E-state index is 13.4. The summed E-state index contributed by atoms with van der Waals surface area (Å²) in [5.74, 6) is 0.109. The van der Waals surface area contributed by atoms with Gasteiger partial charge in [-0.2, -0.15) is 0 Å². The average Bonchev–Trinajstić information content (AvgIpc) is 0.804. The Labute approximate surface area is 786 Å². The number of carbonyl (C=O) groups excluding carboxylic acids is 5. The molecule has 710 valence electrons. The second-order valence-electron chi connectivity index (χ2n) is 36.6. The molecule has 132 heavy (non-hydrogen) atoms. The molecule has 0 aliphatic heterocycles. The third-order valence-electron chi connectivity index (χ3n) is 22.8. The minimum atomic E-state index is -0.827. The van der Waals surface area contributed by atoms with Crippen molar-refractivity contribution in [1.82, 2.24) is 90.5 Å². The standard InChI is InChI=1S/C35H49N7O3.C32H42N6O3.C25H42N4O3.C10H8ClN3/c1-25-24-32(41-33(38-25)28-15-18-36-19-16-28)40-31(34(44)45-35(3,4)5)17-22-42(23-20-37-26(2)43)21-9-8-11-29-14-13-27-10-6-7-12-30(27)39-29;1-23-21-29(37-31(35-23)26-12-15-33-16-13-26)22-27(32(40)41)14-19-38(20-17-34-24(2)39)18-6-5-8-28-11-10-25-7-3-4-9-30(25)36-28;1-19(30)27-15-18-29(17-14-22(26)24(31)32-25(2,3)4)16-8-7-10-21-13-12-20-9-5-6-11-23(20)28-21;1-7-6-9(11)14-10(13-7)8-2-4-12-5-3-8/h13-16,18-19,24,31H,6-12,17,20-23H2,1-5H3,(H,37,43)(H,38,40,41);10-13,15-16,21,27H,3-9,14,17-20,22H2,1-2H3,(H,34,39)(H,40,41);12-13,22H,5-11,14-18,26H2,1-4H3,(H,27,30);2-6H,1H3/t31-;27-;22-;/m010./s1. The molecule has 0 spiro atoms. The van der Waals surface area contributed by atoms with Gasteiger partial charge in [0.25, 0.3) is 0 Å². The van der Waals surface area contributed by atoms with Crippen molar-refractivity contribution >= 4 is 53.0 Å². The van der Waals surface area contributed by atoms with Crippen LogP contribution in [0.15, 0.2) is 128 Å². The van der Waals surface area contributed by atoms with Gasteiger partial charge < -0.3 is 56.3 Å². The van der Waals surface area contributed by atoms with Gasteiger partial charge in [-0.3, -0.25) is 53.9 Å². The first kappa shape index (κ1) is 105. The van der Waals surface area contributed by atoms with E-state index in [9.17, 15) is 33.9 Å². The highest BCUT2D eigenvalue weighted by molar-refractivity contribution is 6.29. The van der Waals surface area contributed by atoms with Crippen LogP contribution in [0.3, 0.4) is 0 Å². The van der Waals surface area contributed by atoms with Gasteiger partial charge >= 0.3 is 17.9 Å². The number of ether oxygens (including phenoxy) is 2. The van der Waals surface area contributed by atoms with Crippen molar-refractivity contribution in [3.05, 3.63) is 207 Å². The van der Waals surface area contributed by atoms with Crippen LogP contribution in [0.1, 0.15) is 232 Å².